The highest BCUT2D eigenvalue weighted by Crippen LogP contribution is 2.23. The third-order valence-electron chi connectivity index (χ3n) is 5.97. The maximum Gasteiger partial charge on any atom is 0.295 e. The molecule has 2 aromatic rings. The fourth-order valence-electron chi connectivity index (χ4n) is 4.09. The predicted octanol–water partition coefficient (Wildman–Crippen LogP) is 1.94. The Morgan fingerprint density at radius 1 is 1.00 bits per heavy atom. The number of morpholine rings is 1. The number of Topliss-reactive ketones (excluding diaryl/α,β-unsaturated/α-hetero) is 1. The van der Waals surface area contributed by atoms with Crippen LogP contribution in [0.5, 0.6) is 0 Å². The summed E-state index contributed by atoms with van der Waals surface area (Å²) in [6, 6.07) is 7.44. The van der Waals surface area contributed by atoms with Gasteiger partial charge in [-0.2, -0.15) is 0 Å². The molecule has 0 aliphatic carbocycles. The molecule has 7 nitrogen and oxygen atoms in total. The van der Waals surface area contributed by atoms with Crippen molar-refractivity contribution >= 4 is 28.5 Å². The normalized spacial score (nSPS) is 18.2. The van der Waals surface area contributed by atoms with E-state index in [1.54, 1.807) is 10.8 Å². The first kappa shape index (κ1) is 19.6. The topological polar surface area (TPSA) is 71.9 Å². The van der Waals surface area contributed by atoms with Crippen molar-refractivity contribution in [3.05, 3.63) is 36.0 Å². The molecule has 2 amide bonds. The molecule has 0 unspecified atom stereocenters. The number of nitrogens with zero attached hydrogens (tertiary/aromatic N) is 3. The third kappa shape index (κ3) is 4.05. The Balaban J connectivity index is 1.57. The summed E-state index contributed by atoms with van der Waals surface area (Å²) < 4.78 is 7.07. The molecular weight excluding hydrogens is 370 g/mol. The highest BCUT2D eigenvalue weighted by atomic mass is 16.5. The number of aromatic nitrogens is 1. The molecule has 2 aliphatic rings. The number of ketones is 1. The lowest BCUT2D eigenvalue weighted by Gasteiger charge is -2.30. The van der Waals surface area contributed by atoms with Crippen molar-refractivity contribution in [2.75, 3.05) is 39.4 Å². The number of ether oxygens (including phenoxy) is 1. The van der Waals surface area contributed by atoms with Gasteiger partial charge in [0.25, 0.3) is 11.7 Å². The molecule has 7 heteroatoms. The lowest BCUT2D eigenvalue weighted by Crippen LogP contribution is -2.44. The van der Waals surface area contributed by atoms with Gasteiger partial charge in [0.15, 0.2) is 0 Å². The van der Waals surface area contributed by atoms with Crippen LogP contribution >= 0.6 is 0 Å². The van der Waals surface area contributed by atoms with Crippen LogP contribution in [-0.4, -0.2) is 71.4 Å². The van der Waals surface area contributed by atoms with E-state index in [1.165, 1.54) is 4.90 Å². The number of fused-ring (bicyclic) bond motifs is 1. The van der Waals surface area contributed by atoms with Gasteiger partial charge in [-0.1, -0.05) is 25.1 Å². The number of hydrogen-bond donors (Lipinski definition) is 0. The van der Waals surface area contributed by atoms with Crippen LogP contribution in [0.15, 0.2) is 30.5 Å². The van der Waals surface area contributed by atoms with Crippen molar-refractivity contribution in [1.29, 1.82) is 0 Å². The Bertz CT molecular complexity index is 921. The van der Waals surface area contributed by atoms with Crippen LogP contribution in [0.4, 0.5) is 0 Å². The molecule has 1 aromatic carbocycles. The third-order valence-corrected chi connectivity index (χ3v) is 5.97. The maximum absolute atomic E-state index is 13.0. The van der Waals surface area contributed by atoms with Gasteiger partial charge in [0.1, 0.15) is 6.54 Å². The molecule has 2 fully saturated rings. The number of piperidine rings is 1. The second-order valence-electron chi connectivity index (χ2n) is 7.98. The lowest BCUT2D eigenvalue weighted by molar-refractivity contribution is -0.133. The van der Waals surface area contributed by atoms with Gasteiger partial charge in [-0.15, -0.1) is 0 Å². The van der Waals surface area contributed by atoms with Gasteiger partial charge >= 0.3 is 0 Å². The molecule has 3 heterocycles. The van der Waals surface area contributed by atoms with Gasteiger partial charge in [-0.25, -0.2) is 0 Å². The predicted molar refractivity (Wildman–Crippen MR) is 109 cm³/mol. The minimum atomic E-state index is -0.527. The highest BCUT2D eigenvalue weighted by molar-refractivity contribution is 6.44. The Hall–Kier alpha value is -2.67. The highest BCUT2D eigenvalue weighted by Gasteiger charge is 2.28. The van der Waals surface area contributed by atoms with Crippen molar-refractivity contribution in [2.45, 2.75) is 26.3 Å². The zero-order chi connectivity index (χ0) is 20.4. The molecule has 0 saturated carbocycles. The zero-order valence-corrected chi connectivity index (χ0v) is 16.8. The minimum absolute atomic E-state index is 0.0520. The molecule has 0 radical (unpaired) electrons. The van der Waals surface area contributed by atoms with Gasteiger partial charge in [-0.3, -0.25) is 14.4 Å². The monoisotopic (exact) mass is 397 g/mol. The first-order chi connectivity index (χ1) is 14.0. The second-order valence-corrected chi connectivity index (χ2v) is 7.98. The van der Waals surface area contributed by atoms with E-state index in [2.05, 4.69) is 6.92 Å². The van der Waals surface area contributed by atoms with Gasteiger partial charge in [0.05, 0.1) is 18.8 Å². The minimum Gasteiger partial charge on any atom is -0.378 e. The van der Waals surface area contributed by atoms with E-state index < -0.39 is 11.7 Å². The van der Waals surface area contributed by atoms with Crippen LogP contribution in [0.3, 0.4) is 0 Å². The van der Waals surface area contributed by atoms with Crippen molar-refractivity contribution < 1.29 is 19.1 Å². The summed E-state index contributed by atoms with van der Waals surface area (Å²) >= 11 is 0. The molecule has 4 rings (SSSR count). The quantitative estimate of drug-likeness (QED) is 0.584. The molecule has 0 atom stereocenters. The summed E-state index contributed by atoms with van der Waals surface area (Å²) in [5, 5.41) is 0.708. The van der Waals surface area contributed by atoms with E-state index in [0.717, 1.165) is 31.4 Å². The Morgan fingerprint density at radius 3 is 2.41 bits per heavy atom. The zero-order valence-electron chi connectivity index (χ0n) is 16.8. The average Bonchev–Trinajstić information content (AvgIpc) is 3.12. The summed E-state index contributed by atoms with van der Waals surface area (Å²) in [7, 11) is 0. The van der Waals surface area contributed by atoms with Crippen LogP contribution in [-0.2, 0) is 20.9 Å². The van der Waals surface area contributed by atoms with Crippen LogP contribution in [0, 0.1) is 5.92 Å². The van der Waals surface area contributed by atoms with E-state index in [9.17, 15) is 14.4 Å². The lowest BCUT2D eigenvalue weighted by atomic mass is 9.99. The number of likely N-dealkylation sites (tertiary alicyclic amines) is 1. The van der Waals surface area contributed by atoms with Crippen molar-refractivity contribution in [1.82, 2.24) is 14.4 Å². The van der Waals surface area contributed by atoms with E-state index in [-0.39, 0.29) is 12.5 Å². The standard InChI is InChI=1S/C22H27N3O4/c1-16-6-8-23(9-7-16)20(26)15-25-14-18(17-4-2-3-5-19(17)25)21(27)22(28)24-10-12-29-13-11-24/h2-5,14,16H,6-13,15H2,1H3. The Labute approximate surface area is 170 Å². The van der Waals surface area contributed by atoms with Gasteiger partial charge in [-0.05, 0) is 24.8 Å². The Morgan fingerprint density at radius 2 is 1.69 bits per heavy atom. The molecule has 0 bridgehead atoms. The first-order valence-corrected chi connectivity index (χ1v) is 10.3. The smallest absolute Gasteiger partial charge is 0.295 e. The molecule has 154 valence electrons. The van der Waals surface area contributed by atoms with Crippen LogP contribution in [0.25, 0.3) is 10.9 Å². The number of rotatable bonds is 4. The van der Waals surface area contributed by atoms with Crippen LogP contribution in [0.2, 0.25) is 0 Å². The fraction of sp³-hybridized carbons (Fsp3) is 0.500. The van der Waals surface area contributed by atoms with Crippen LogP contribution < -0.4 is 0 Å². The summed E-state index contributed by atoms with van der Waals surface area (Å²) in [6.07, 6.45) is 3.71. The number of amides is 2. The fourth-order valence-corrected chi connectivity index (χ4v) is 4.09. The molecule has 2 aliphatic heterocycles. The van der Waals surface area contributed by atoms with Gasteiger partial charge < -0.3 is 19.1 Å². The first-order valence-electron chi connectivity index (χ1n) is 10.3. The number of benzene rings is 1. The summed E-state index contributed by atoms with van der Waals surface area (Å²) in [4.78, 5) is 41.9. The van der Waals surface area contributed by atoms with E-state index in [1.807, 2.05) is 29.2 Å². The number of carbonyl (C=O) groups excluding carboxylic acids is 3. The van der Waals surface area contributed by atoms with Gasteiger partial charge in [0, 0.05) is 43.3 Å². The molecular formula is C22H27N3O4. The van der Waals surface area contributed by atoms with Crippen molar-refractivity contribution in [3.63, 3.8) is 0 Å². The average molecular weight is 397 g/mol. The summed E-state index contributed by atoms with van der Waals surface area (Å²) in [6.45, 7) is 5.69. The van der Waals surface area contributed by atoms with Crippen molar-refractivity contribution in [2.24, 2.45) is 5.92 Å². The summed E-state index contributed by atoms with van der Waals surface area (Å²) in [5.74, 6) is -0.327. The molecule has 0 N–H and O–H groups in total. The Kier molecular flexibility index (Phi) is 5.67. The molecule has 29 heavy (non-hydrogen) atoms. The van der Waals surface area contributed by atoms with Crippen molar-refractivity contribution in [3.8, 4) is 0 Å². The molecule has 2 saturated heterocycles. The van der Waals surface area contributed by atoms with E-state index in [0.29, 0.717) is 43.2 Å². The molecule has 1 aromatic heterocycles. The number of para-hydroxylation sites is 1. The largest absolute Gasteiger partial charge is 0.378 e. The number of hydrogen-bond acceptors (Lipinski definition) is 4. The molecule has 0 spiro atoms. The second kappa shape index (κ2) is 8.37. The van der Waals surface area contributed by atoms with E-state index >= 15 is 0 Å². The SMILES string of the molecule is CC1CCN(C(=O)Cn2cc(C(=O)C(=O)N3CCOCC3)c3ccccc32)CC1. The van der Waals surface area contributed by atoms with E-state index in [4.69, 9.17) is 4.74 Å². The van der Waals surface area contributed by atoms with Gasteiger partial charge in [0.2, 0.25) is 5.91 Å². The maximum atomic E-state index is 13.0. The number of carbonyl (C=O) groups is 3. The van der Waals surface area contributed by atoms with Crippen LogP contribution in [0.1, 0.15) is 30.1 Å². The summed E-state index contributed by atoms with van der Waals surface area (Å²) in [5.41, 5.74) is 1.15.